The Morgan fingerprint density at radius 2 is 1.79 bits per heavy atom. The highest BCUT2D eigenvalue weighted by atomic mass is 32.2. The summed E-state index contributed by atoms with van der Waals surface area (Å²) >= 11 is 0. The van der Waals surface area contributed by atoms with Gasteiger partial charge in [0.1, 0.15) is 5.82 Å². The lowest BCUT2D eigenvalue weighted by Crippen LogP contribution is -3.14. The molecule has 1 amide bonds. The Bertz CT molecular complexity index is 656. The number of hydrogen-bond donors (Lipinski definition) is 1. The van der Waals surface area contributed by atoms with E-state index in [0.717, 1.165) is 36.1 Å². The summed E-state index contributed by atoms with van der Waals surface area (Å²) in [4.78, 5) is 15.6. The van der Waals surface area contributed by atoms with Gasteiger partial charge >= 0.3 is 0 Å². The summed E-state index contributed by atoms with van der Waals surface area (Å²) < 4.78 is 39.4. The third-order valence-electron chi connectivity index (χ3n) is 4.44. The van der Waals surface area contributed by atoms with Crippen molar-refractivity contribution in [3.05, 3.63) is 30.1 Å². The summed E-state index contributed by atoms with van der Waals surface area (Å²) in [5, 5.41) is 0. The Kier molecular flexibility index (Phi) is 6.31. The topological polar surface area (TPSA) is 62.1 Å². The third-order valence-corrected chi connectivity index (χ3v) is 6.37. The molecule has 1 aromatic rings. The molecule has 6 nitrogen and oxygen atoms in total. The van der Waals surface area contributed by atoms with Gasteiger partial charge in [-0.1, -0.05) is 6.92 Å². The van der Waals surface area contributed by atoms with Gasteiger partial charge in [0, 0.05) is 6.54 Å². The monoisotopic (exact) mass is 358 g/mol. The summed E-state index contributed by atoms with van der Waals surface area (Å²) in [5.74, 6) is -0.679. The minimum Gasteiger partial charge on any atom is -0.332 e. The third kappa shape index (κ3) is 4.31. The largest absolute Gasteiger partial charge is 0.332 e. The Balaban J connectivity index is 2.05. The number of nitrogens with one attached hydrogen (secondary N) is 1. The van der Waals surface area contributed by atoms with E-state index in [1.54, 1.807) is 11.8 Å². The van der Waals surface area contributed by atoms with Crippen molar-refractivity contribution in [3.8, 4) is 0 Å². The zero-order chi connectivity index (χ0) is 17.7. The van der Waals surface area contributed by atoms with Gasteiger partial charge in [0.25, 0.3) is 0 Å². The van der Waals surface area contributed by atoms with E-state index in [0.29, 0.717) is 13.1 Å². The lowest BCUT2D eigenvalue weighted by molar-refractivity contribution is -0.902. The van der Waals surface area contributed by atoms with E-state index in [-0.39, 0.29) is 23.9 Å². The van der Waals surface area contributed by atoms with Crippen LogP contribution >= 0.6 is 0 Å². The fraction of sp³-hybridized carbons (Fsp3) is 0.562. The molecule has 134 valence electrons. The second kappa shape index (κ2) is 8.04. The van der Waals surface area contributed by atoms with E-state index >= 15 is 0 Å². The molecule has 1 aliphatic heterocycles. The van der Waals surface area contributed by atoms with Crippen molar-refractivity contribution in [2.24, 2.45) is 0 Å². The number of quaternary nitrogens is 1. The van der Waals surface area contributed by atoms with E-state index < -0.39 is 15.8 Å². The van der Waals surface area contributed by atoms with Gasteiger partial charge in [0.2, 0.25) is 15.9 Å². The van der Waals surface area contributed by atoms with Crippen LogP contribution in [0.4, 0.5) is 4.39 Å². The van der Waals surface area contributed by atoms with Crippen molar-refractivity contribution in [2.45, 2.75) is 18.7 Å². The molecule has 1 aliphatic rings. The smallest absolute Gasteiger partial charge is 0.243 e. The molecule has 1 fully saturated rings. The summed E-state index contributed by atoms with van der Waals surface area (Å²) in [6, 6.07) is 4.66. The first-order chi connectivity index (χ1) is 11.4. The highest BCUT2D eigenvalue weighted by Crippen LogP contribution is 2.16. The Morgan fingerprint density at radius 1 is 1.21 bits per heavy atom. The van der Waals surface area contributed by atoms with Crippen LogP contribution < -0.4 is 4.90 Å². The van der Waals surface area contributed by atoms with Crippen LogP contribution in [0.2, 0.25) is 0 Å². The van der Waals surface area contributed by atoms with Crippen molar-refractivity contribution in [1.29, 1.82) is 0 Å². The zero-order valence-electron chi connectivity index (χ0n) is 14.2. The highest BCUT2D eigenvalue weighted by molar-refractivity contribution is 7.89. The van der Waals surface area contributed by atoms with Gasteiger partial charge in [-0.05, 0) is 31.2 Å². The number of sulfonamides is 1. The Morgan fingerprint density at radius 3 is 2.29 bits per heavy atom. The van der Waals surface area contributed by atoms with Crippen LogP contribution in [0.3, 0.4) is 0 Å². The maximum absolute atomic E-state index is 13.0. The van der Waals surface area contributed by atoms with Crippen LogP contribution in [0.1, 0.15) is 13.8 Å². The molecule has 1 aromatic carbocycles. The number of halogens is 1. The van der Waals surface area contributed by atoms with E-state index in [1.165, 1.54) is 17.0 Å². The van der Waals surface area contributed by atoms with Crippen LogP contribution in [0.25, 0.3) is 0 Å². The molecule has 0 saturated carbocycles. The van der Waals surface area contributed by atoms with Crippen molar-refractivity contribution in [1.82, 2.24) is 9.21 Å². The zero-order valence-corrected chi connectivity index (χ0v) is 15.0. The number of amides is 1. The minimum absolute atomic E-state index is 0.00111. The fourth-order valence-corrected chi connectivity index (χ4v) is 4.20. The molecular weight excluding hydrogens is 333 g/mol. The molecule has 0 spiro atoms. The molecule has 2 rings (SSSR count). The van der Waals surface area contributed by atoms with E-state index in [1.807, 2.05) is 0 Å². The molecule has 0 atom stereocenters. The molecule has 1 heterocycles. The van der Waals surface area contributed by atoms with Gasteiger partial charge in [0.05, 0.1) is 44.2 Å². The quantitative estimate of drug-likeness (QED) is 0.752. The van der Waals surface area contributed by atoms with Crippen molar-refractivity contribution >= 4 is 15.9 Å². The van der Waals surface area contributed by atoms with Gasteiger partial charge in [-0.3, -0.25) is 4.79 Å². The van der Waals surface area contributed by atoms with Gasteiger partial charge in [-0.15, -0.1) is 0 Å². The molecule has 0 radical (unpaired) electrons. The fourth-order valence-electron chi connectivity index (χ4n) is 2.80. The molecular formula is C16H25FN3O3S+. The normalized spacial score (nSPS) is 16.6. The predicted molar refractivity (Wildman–Crippen MR) is 88.7 cm³/mol. The summed E-state index contributed by atoms with van der Waals surface area (Å²) in [5.41, 5.74) is 0. The number of carbonyl (C=O) groups excluding carboxylic acids is 1. The van der Waals surface area contributed by atoms with Gasteiger partial charge in [-0.2, -0.15) is 4.31 Å². The first-order valence-electron chi connectivity index (χ1n) is 8.25. The van der Waals surface area contributed by atoms with Crippen LogP contribution in [0, 0.1) is 5.82 Å². The van der Waals surface area contributed by atoms with Gasteiger partial charge in [-0.25, -0.2) is 12.8 Å². The number of nitrogens with zero attached hydrogens (tertiary/aromatic N) is 2. The number of piperazine rings is 1. The van der Waals surface area contributed by atoms with Crippen LogP contribution in [-0.4, -0.2) is 69.3 Å². The first-order valence-corrected chi connectivity index (χ1v) is 9.69. The van der Waals surface area contributed by atoms with Gasteiger partial charge < -0.3 is 9.80 Å². The maximum atomic E-state index is 13.0. The van der Waals surface area contributed by atoms with E-state index in [9.17, 15) is 17.6 Å². The average molecular weight is 358 g/mol. The summed E-state index contributed by atoms with van der Waals surface area (Å²) in [6.45, 7) is 7.91. The standard InChI is InChI=1S/C16H24FN3O3S/c1-3-18-9-11-19(12-10-18)16(21)13-20(4-2)24(22,23)15-7-5-14(17)6-8-15/h5-8H,3-4,9-13H2,1-2H3/p+1. The average Bonchev–Trinajstić information content (AvgIpc) is 2.59. The Hall–Kier alpha value is -1.51. The SMILES string of the molecule is CCN(CC(=O)N1CC[NH+](CC)CC1)S(=O)(=O)c1ccc(F)cc1. The van der Waals surface area contributed by atoms with E-state index in [4.69, 9.17) is 0 Å². The number of likely N-dealkylation sites (N-methyl/N-ethyl adjacent to an activating group) is 2. The van der Waals surface area contributed by atoms with Crippen molar-refractivity contribution < 1.29 is 22.5 Å². The number of rotatable bonds is 6. The molecule has 24 heavy (non-hydrogen) atoms. The molecule has 8 heteroatoms. The molecule has 0 bridgehead atoms. The first kappa shape index (κ1) is 18.8. The highest BCUT2D eigenvalue weighted by Gasteiger charge is 2.29. The second-order valence-electron chi connectivity index (χ2n) is 5.87. The van der Waals surface area contributed by atoms with Crippen LogP contribution in [0.5, 0.6) is 0 Å². The summed E-state index contributed by atoms with van der Waals surface area (Å²) in [7, 11) is -3.80. The molecule has 1 saturated heterocycles. The summed E-state index contributed by atoms with van der Waals surface area (Å²) in [6.07, 6.45) is 0. The maximum Gasteiger partial charge on any atom is 0.243 e. The Labute approximate surface area is 142 Å². The number of carbonyl (C=O) groups is 1. The minimum atomic E-state index is -3.80. The van der Waals surface area contributed by atoms with Crippen molar-refractivity contribution in [2.75, 3.05) is 45.8 Å². The molecule has 0 aromatic heterocycles. The second-order valence-corrected chi connectivity index (χ2v) is 7.81. The predicted octanol–water partition coefficient (Wildman–Crippen LogP) is -0.417. The lowest BCUT2D eigenvalue weighted by atomic mass is 10.3. The van der Waals surface area contributed by atoms with E-state index in [2.05, 4.69) is 6.92 Å². The molecule has 0 unspecified atom stereocenters. The van der Waals surface area contributed by atoms with Crippen LogP contribution in [0.15, 0.2) is 29.2 Å². The number of hydrogen-bond acceptors (Lipinski definition) is 3. The van der Waals surface area contributed by atoms with Crippen molar-refractivity contribution in [3.63, 3.8) is 0 Å². The number of benzene rings is 1. The molecule has 0 aliphatic carbocycles. The lowest BCUT2D eigenvalue weighted by Gasteiger charge is -2.32. The molecule has 1 N–H and O–H groups in total. The van der Waals surface area contributed by atoms with Gasteiger partial charge in [0.15, 0.2) is 0 Å². The van der Waals surface area contributed by atoms with Crippen LogP contribution in [-0.2, 0) is 14.8 Å².